The summed E-state index contributed by atoms with van der Waals surface area (Å²) >= 11 is 0. The highest BCUT2D eigenvalue weighted by molar-refractivity contribution is 5.84. The molecular formula is C19H32N4O6. The third-order valence-corrected chi connectivity index (χ3v) is 3.13. The van der Waals surface area contributed by atoms with Crippen LogP contribution < -0.4 is 16.2 Å². The number of nitrogens with one attached hydrogen (secondary N) is 2. The predicted molar refractivity (Wildman–Crippen MR) is 108 cm³/mol. The van der Waals surface area contributed by atoms with Crippen LogP contribution in [0.4, 0.5) is 15.3 Å². The van der Waals surface area contributed by atoms with Crippen molar-refractivity contribution in [3.63, 3.8) is 0 Å². The molecule has 2 amide bonds. The molecule has 1 aromatic heterocycles. The zero-order chi connectivity index (χ0) is 22.4. The molecule has 0 aliphatic rings. The number of aromatic nitrogens is 2. The molecular weight excluding hydrogens is 380 g/mol. The Morgan fingerprint density at radius 1 is 1.10 bits per heavy atom. The fourth-order valence-electron chi connectivity index (χ4n) is 2.13. The number of hydrogen-bond acceptors (Lipinski definition) is 7. The SMILES string of the molecule is CC(COCc1cc(NC(=O)OC(C)(C)C)c(=O)n(C)n1)NC(=O)OC(C)(C)C. The van der Waals surface area contributed by atoms with Gasteiger partial charge in [0.05, 0.1) is 24.9 Å². The van der Waals surface area contributed by atoms with E-state index in [0.717, 1.165) is 4.68 Å². The minimum atomic E-state index is -0.733. The van der Waals surface area contributed by atoms with Gasteiger partial charge in [0, 0.05) is 7.05 Å². The first-order valence-corrected chi connectivity index (χ1v) is 9.31. The summed E-state index contributed by atoms with van der Waals surface area (Å²) in [6, 6.07) is 1.13. The van der Waals surface area contributed by atoms with Crippen molar-refractivity contribution >= 4 is 17.9 Å². The summed E-state index contributed by atoms with van der Waals surface area (Å²) in [4.78, 5) is 35.8. The minimum absolute atomic E-state index is 0.0373. The smallest absolute Gasteiger partial charge is 0.412 e. The van der Waals surface area contributed by atoms with Gasteiger partial charge in [0.15, 0.2) is 0 Å². The number of ether oxygens (including phenoxy) is 3. The van der Waals surface area contributed by atoms with Gasteiger partial charge < -0.3 is 19.5 Å². The molecule has 10 heteroatoms. The minimum Gasteiger partial charge on any atom is -0.444 e. The second-order valence-electron chi connectivity index (χ2n) is 8.67. The number of hydrogen-bond donors (Lipinski definition) is 2. The summed E-state index contributed by atoms with van der Waals surface area (Å²) in [5, 5.41) is 9.19. The molecule has 1 heterocycles. The molecule has 29 heavy (non-hydrogen) atoms. The number of nitrogens with zero attached hydrogens (tertiary/aromatic N) is 2. The maximum absolute atomic E-state index is 12.2. The molecule has 1 aromatic rings. The van der Waals surface area contributed by atoms with Crippen LogP contribution in [0.1, 0.15) is 54.2 Å². The van der Waals surface area contributed by atoms with E-state index in [9.17, 15) is 14.4 Å². The zero-order valence-corrected chi connectivity index (χ0v) is 18.4. The Morgan fingerprint density at radius 3 is 2.21 bits per heavy atom. The number of amides is 2. The maximum atomic E-state index is 12.2. The van der Waals surface area contributed by atoms with Gasteiger partial charge in [-0.3, -0.25) is 10.1 Å². The van der Waals surface area contributed by atoms with Crippen molar-refractivity contribution in [2.24, 2.45) is 7.05 Å². The van der Waals surface area contributed by atoms with E-state index in [2.05, 4.69) is 15.7 Å². The van der Waals surface area contributed by atoms with Crippen LogP contribution in [0.25, 0.3) is 0 Å². The fraction of sp³-hybridized carbons (Fsp3) is 0.684. The third-order valence-electron chi connectivity index (χ3n) is 3.13. The van der Waals surface area contributed by atoms with Crippen molar-refractivity contribution in [1.82, 2.24) is 15.1 Å². The first kappa shape index (κ1) is 24.4. The molecule has 10 nitrogen and oxygen atoms in total. The van der Waals surface area contributed by atoms with Gasteiger partial charge in [-0.2, -0.15) is 5.10 Å². The van der Waals surface area contributed by atoms with Gasteiger partial charge in [0.2, 0.25) is 0 Å². The third kappa shape index (κ3) is 9.93. The summed E-state index contributed by atoms with van der Waals surface area (Å²) in [5.41, 5.74) is -1.27. The summed E-state index contributed by atoms with van der Waals surface area (Å²) in [6.07, 6.45) is -1.26. The summed E-state index contributed by atoms with van der Waals surface area (Å²) in [7, 11) is 1.47. The molecule has 0 radical (unpaired) electrons. The average molecular weight is 412 g/mol. The van der Waals surface area contributed by atoms with Gasteiger partial charge in [0.25, 0.3) is 5.56 Å². The summed E-state index contributed by atoms with van der Waals surface area (Å²) < 4.78 is 17.0. The lowest BCUT2D eigenvalue weighted by molar-refractivity contribution is 0.0439. The van der Waals surface area contributed by atoms with Crippen LogP contribution in [0.3, 0.4) is 0 Å². The van der Waals surface area contributed by atoms with E-state index >= 15 is 0 Å². The highest BCUT2D eigenvalue weighted by Gasteiger charge is 2.19. The topological polar surface area (TPSA) is 121 Å². The Hall–Kier alpha value is -2.62. The van der Waals surface area contributed by atoms with Crippen LogP contribution in [0.5, 0.6) is 0 Å². The summed E-state index contributed by atoms with van der Waals surface area (Å²) in [6.45, 7) is 12.6. The van der Waals surface area contributed by atoms with E-state index in [-0.39, 0.29) is 24.9 Å². The van der Waals surface area contributed by atoms with Gasteiger partial charge in [-0.15, -0.1) is 0 Å². The van der Waals surface area contributed by atoms with Crippen LogP contribution in [-0.4, -0.2) is 45.8 Å². The molecule has 164 valence electrons. The number of carbonyl (C=O) groups excluding carboxylic acids is 2. The molecule has 0 saturated heterocycles. The monoisotopic (exact) mass is 412 g/mol. The molecule has 1 atom stereocenters. The average Bonchev–Trinajstić information content (AvgIpc) is 2.48. The van der Waals surface area contributed by atoms with E-state index in [4.69, 9.17) is 14.2 Å². The van der Waals surface area contributed by atoms with Crippen molar-refractivity contribution in [3.05, 3.63) is 22.1 Å². The number of anilines is 1. The van der Waals surface area contributed by atoms with E-state index in [1.807, 2.05) is 0 Å². The molecule has 0 saturated carbocycles. The van der Waals surface area contributed by atoms with Gasteiger partial charge >= 0.3 is 12.2 Å². The van der Waals surface area contributed by atoms with Gasteiger partial charge in [-0.1, -0.05) is 0 Å². The molecule has 0 bridgehead atoms. The molecule has 0 spiro atoms. The molecule has 1 rings (SSSR count). The Balaban J connectivity index is 2.65. The first-order chi connectivity index (χ1) is 13.2. The number of aryl methyl sites for hydroxylation is 1. The van der Waals surface area contributed by atoms with Gasteiger partial charge in [-0.25, -0.2) is 14.3 Å². The van der Waals surface area contributed by atoms with Crippen LogP contribution in [0.15, 0.2) is 10.9 Å². The van der Waals surface area contributed by atoms with Gasteiger partial charge in [-0.05, 0) is 54.5 Å². The van der Waals surface area contributed by atoms with Crippen molar-refractivity contribution in [1.29, 1.82) is 0 Å². The Bertz CT molecular complexity index is 776. The lowest BCUT2D eigenvalue weighted by Gasteiger charge is -2.22. The predicted octanol–water partition coefficient (Wildman–Crippen LogP) is 2.56. The highest BCUT2D eigenvalue weighted by Crippen LogP contribution is 2.10. The van der Waals surface area contributed by atoms with E-state index < -0.39 is 28.9 Å². The van der Waals surface area contributed by atoms with Crippen LogP contribution in [0.2, 0.25) is 0 Å². The van der Waals surface area contributed by atoms with Crippen molar-refractivity contribution in [2.75, 3.05) is 11.9 Å². The molecule has 2 N–H and O–H groups in total. The quantitative estimate of drug-likeness (QED) is 0.736. The molecule has 0 aliphatic heterocycles. The van der Waals surface area contributed by atoms with Crippen LogP contribution in [0, 0.1) is 0 Å². The van der Waals surface area contributed by atoms with Crippen LogP contribution in [-0.2, 0) is 27.9 Å². The Labute approximate surface area is 170 Å². The maximum Gasteiger partial charge on any atom is 0.412 e. The van der Waals surface area contributed by atoms with E-state index in [1.54, 1.807) is 48.5 Å². The largest absolute Gasteiger partial charge is 0.444 e. The lowest BCUT2D eigenvalue weighted by atomic mass is 10.2. The van der Waals surface area contributed by atoms with E-state index in [0.29, 0.717) is 5.69 Å². The zero-order valence-electron chi connectivity index (χ0n) is 18.4. The molecule has 1 unspecified atom stereocenters. The Morgan fingerprint density at radius 2 is 1.66 bits per heavy atom. The van der Waals surface area contributed by atoms with Crippen LogP contribution >= 0.6 is 0 Å². The first-order valence-electron chi connectivity index (χ1n) is 9.31. The summed E-state index contributed by atoms with van der Waals surface area (Å²) in [5.74, 6) is 0. The molecule has 0 aliphatic carbocycles. The van der Waals surface area contributed by atoms with Gasteiger partial charge in [0.1, 0.15) is 16.9 Å². The highest BCUT2D eigenvalue weighted by atomic mass is 16.6. The van der Waals surface area contributed by atoms with E-state index in [1.165, 1.54) is 13.1 Å². The number of alkyl carbamates (subject to hydrolysis) is 1. The molecule has 0 aromatic carbocycles. The van der Waals surface area contributed by atoms with Crippen molar-refractivity contribution in [2.45, 2.75) is 72.3 Å². The lowest BCUT2D eigenvalue weighted by Crippen LogP contribution is -2.39. The van der Waals surface area contributed by atoms with Crippen molar-refractivity contribution in [3.8, 4) is 0 Å². The number of carbonyl (C=O) groups is 2. The molecule has 0 fully saturated rings. The fourth-order valence-corrected chi connectivity index (χ4v) is 2.13. The van der Waals surface area contributed by atoms with Crippen molar-refractivity contribution < 1.29 is 23.8 Å². The second-order valence-corrected chi connectivity index (χ2v) is 8.67. The normalized spacial score (nSPS) is 12.8. The number of rotatable bonds is 6. The standard InChI is InChI=1S/C19H32N4O6/c1-12(20-16(25)28-18(2,3)4)10-27-11-13-9-14(15(24)23(8)22-13)21-17(26)29-19(5,6)7/h9,12H,10-11H2,1-8H3,(H,20,25)(H,21,26). The second kappa shape index (κ2) is 9.73. The Kier molecular flexibility index (Phi) is 8.19.